The van der Waals surface area contributed by atoms with Crippen molar-refractivity contribution in [3.63, 3.8) is 0 Å². The van der Waals surface area contributed by atoms with Gasteiger partial charge in [-0.05, 0) is 13.1 Å². The van der Waals surface area contributed by atoms with Crippen LogP contribution in [0.15, 0.2) is 0 Å². The van der Waals surface area contributed by atoms with Gasteiger partial charge in [0.25, 0.3) is 0 Å². The topological polar surface area (TPSA) is 92.5 Å². The van der Waals surface area contributed by atoms with Gasteiger partial charge in [-0.3, -0.25) is 0 Å². The van der Waals surface area contributed by atoms with Crippen LogP contribution >= 0.6 is 0 Å². The van der Waals surface area contributed by atoms with E-state index in [9.17, 15) is 0 Å². The average Bonchev–Trinajstić information content (AvgIpc) is 2.23. The van der Waals surface area contributed by atoms with Crippen LogP contribution in [0.3, 0.4) is 0 Å². The molecule has 0 spiro atoms. The van der Waals surface area contributed by atoms with Crippen molar-refractivity contribution in [2.24, 2.45) is 11.5 Å². The Bertz CT molecular complexity index is 28.1. The Kier molecular flexibility index (Phi) is 181. The van der Waals surface area contributed by atoms with E-state index in [1.165, 1.54) is 0 Å². The minimum Gasteiger partial charge on any atom is -0.400 e. The van der Waals surface area contributed by atoms with Gasteiger partial charge in [0.15, 0.2) is 0 Å². The number of rotatable bonds is 2. The van der Waals surface area contributed by atoms with Gasteiger partial charge in [0.2, 0.25) is 0 Å². The molecule has 82 valence electrons. The molecule has 0 fully saturated rings. The molecular weight excluding hydrogens is 204 g/mol. The first-order valence-electron chi connectivity index (χ1n) is 3.71. The molecule has 0 rings (SSSR count). The van der Waals surface area contributed by atoms with Gasteiger partial charge in [-0.2, -0.15) is 12.8 Å². The molecule has 6 N–H and O–H groups in total. The normalized spacial score (nSPS) is 5.54. The molecule has 0 aliphatic carbocycles. The van der Waals surface area contributed by atoms with Crippen molar-refractivity contribution in [3.05, 3.63) is 13.8 Å². The summed E-state index contributed by atoms with van der Waals surface area (Å²) in [4.78, 5) is 0. The minimum atomic E-state index is 0. The molecule has 0 aliphatic rings. The van der Waals surface area contributed by atoms with Gasteiger partial charge < -0.3 is 35.5 Å². The van der Waals surface area contributed by atoms with Crippen LogP contribution in [-0.2, 0) is 21.7 Å². The summed E-state index contributed by atoms with van der Waals surface area (Å²) in [5.41, 5.74) is 9.93. The Morgan fingerprint density at radius 1 is 0.846 bits per heavy atom. The summed E-state index contributed by atoms with van der Waals surface area (Å²) in [6.07, 6.45) is 1.69. The fraction of sp³-hybridized carbons (Fsp3) is 0.750. The van der Waals surface area contributed by atoms with Crippen LogP contribution in [0.2, 0.25) is 0 Å². The average molecular weight is 228 g/mol. The maximum absolute atomic E-state index is 7.00. The zero-order chi connectivity index (χ0) is 10.8. The third-order valence-corrected chi connectivity index (χ3v) is 0.408. The maximum Gasteiger partial charge on any atom is 2.00 e. The van der Waals surface area contributed by atoms with E-state index in [0.29, 0.717) is 13.1 Å². The van der Waals surface area contributed by atoms with Crippen molar-refractivity contribution >= 4 is 0 Å². The van der Waals surface area contributed by atoms with Crippen LogP contribution in [0, 0.1) is 13.8 Å². The van der Waals surface area contributed by atoms with Gasteiger partial charge in [-0.15, -0.1) is 0 Å². The molecule has 0 aromatic carbocycles. The number of hydrogen-bond acceptors (Lipinski definition) is 4. The molecule has 0 saturated heterocycles. The number of aliphatic hydroxyl groups is 2. The van der Waals surface area contributed by atoms with Crippen molar-refractivity contribution in [2.75, 3.05) is 27.3 Å². The van der Waals surface area contributed by atoms with E-state index >= 15 is 0 Å². The van der Waals surface area contributed by atoms with Gasteiger partial charge in [-0.1, -0.05) is 0 Å². The van der Waals surface area contributed by atoms with Crippen LogP contribution in [-0.4, -0.2) is 37.5 Å². The molecule has 0 bridgehead atoms. The largest absolute Gasteiger partial charge is 2.00 e. The van der Waals surface area contributed by atoms with Crippen LogP contribution < -0.4 is 11.5 Å². The fourth-order valence-electron chi connectivity index (χ4n) is 0. The number of hydrogen-bond donors (Lipinski definition) is 4. The zero-order valence-electron chi connectivity index (χ0n) is 8.79. The number of aliphatic hydroxyl groups excluding tert-OH is 2. The molecule has 13 heavy (non-hydrogen) atoms. The summed E-state index contributed by atoms with van der Waals surface area (Å²) < 4.78 is 0. The summed E-state index contributed by atoms with van der Waals surface area (Å²) in [6, 6.07) is 0. The molecule has 0 aromatic heterocycles. The monoisotopic (exact) mass is 228 g/mol. The van der Waals surface area contributed by atoms with Gasteiger partial charge in [0, 0.05) is 14.2 Å². The van der Waals surface area contributed by atoms with Crippen LogP contribution in [0.5, 0.6) is 0 Å². The Labute approximate surface area is 97.6 Å². The molecule has 0 unspecified atom stereocenters. The van der Waals surface area contributed by atoms with Gasteiger partial charge in [0.1, 0.15) is 0 Å². The SMILES string of the molecule is CO.CO.[CH2-]CCN.[CH2-]CCN.[Ti+2]. The van der Waals surface area contributed by atoms with Gasteiger partial charge >= 0.3 is 21.7 Å². The molecule has 0 aromatic rings. The van der Waals surface area contributed by atoms with Crippen molar-refractivity contribution in [3.8, 4) is 0 Å². The van der Waals surface area contributed by atoms with Gasteiger partial charge in [-0.25, -0.2) is 0 Å². The molecule has 0 atom stereocenters. The second-order valence-corrected chi connectivity index (χ2v) is 1.28. The smallest absolute Gasteiger partial charge is 0.400 e. The van der Waals surface area contributed by atoms with Crippen molar-refractivity contribution in [1.29, 1.82) is 0 Å². The van der Waals surface area contributed by atoms with Crippen LogP contribution in [0.4, 0.5) is 0 Å². The Morgan fingerprint density at radius 3 is 0.923 bits per heavy atom. The van der Waals surface area contributed by atoms with Crippen molar-refractivity contribution in [1.82, 2.24) is 0 Å². The van der Waals surface area contributed by atoms with E-state index < -0.39 is 0 Å². The molecule has 0 heterocycles. The van der Waals surface area contributed by atoms with E-state index in [0.717, 1.165) is 27.1 Å². The summed E-state index contributed by atoms with van der Waals surface area (Å²) in [6.45, 7) is 8.38. The predicted octanol–water partition coefficient (Wildman–Crippen LogP) is -0.447. The van der Waals surface area contributed by atoms with E-state index in [2.05, 4.69) is 13.8 Å². The third kappa shape index (κ3) is 214. The standard InChI is InChI=1S/2C3H8N.2CH4O.Ti/c2*1-2-3-4;2*1-2;/h2*1-4H2;2*2H,1H3;/q2*-1;;;+2. The van der Waals surface area contributed by atoms with Gasteiger partial charge in [0.05, 0.1) is 0 Å². The summed E-state index contributed by atoms with van der Waals surface area (Å²) in [5, 5.41) is 14.0. The van der Waals surface area contributed by atoms with Crippen molar-refractivity contribution < 1.29 is 31.9 Å². The van der Waals surface area contributed by atoms with E-state index in [1.807, 2.05) is 0 Å². The summed E-state index contributed by atoms with van der Waals surface area (Å²) in [5.74, 6) is 0. The minimum absolute atomic E-state index is 0. The van der Waals surface area contributed by atoms with E-state index in [4.69, 9.17) is 21.7 Å². The predicted molar refractivity (Wildman–Crippen MR) is 54.3 cm³/mol. The van der Waals surface area contributed by atoms with E-state index in [-0.39, 0.29) is 21.7 Å². The molecule has 0 amide bonds. The Morgan fingerprint density at radius 2 is 0.923 bits per heavy atom. The molecule has 0 aliphatic heterocycles. The van der Waals surface area contributed by atoms with Crippen LogP contribution in [0.25, 0.3) is 0 Å². The fourth-order valence-corrected chi connectivity index (χ4v) is 0. The third-order valence-electron chi connectivity index (χ3n) is 0.408. The molecule has 4 nitrogen and oxygen atoms in total. The van der Waals surface area contributed by atoms with Crippen molar-refractivity contribution in [2.45, 2.75) is 12.8 Å². The quantitative estimate of drug-likeness (QED) is 0.380. The molecule has 0 saturated carbocycles. The second-order valence-electron chi connectivity index (χ2n) is 1.28. The number of nitrogens with two attached hydrogens (primary N) is 2. The zero-order valence-corrected chi connectivity index (χ0v) is 10.4. The Balaban J connectivity index is -0.0000000226. The molecule has 0 radical (unpaired) electrons. The Hall–Kier alpha value is 0.554. The summed E-state index contributed by atoms with van der Waals surface area (Å²) in [7, 11) is 2.00. The first-order valence-corrected chi connectivity index (χ1v) is 3.71. The molecule has 5 heteroatoms. The summed E-state index contributed by atoms with van der Waals surface area (Å²) >= 11 is 0. The van der Waals surface area contributed by atoms with Crippen LogP contribution in [0.1, 0.15) is 12.8 Å². The first-order chi connectivity index (χ1) is 5.83. The van der Waals surface area contributed by atoms with E-state index in [1.54, 1.807) is 0 Å². The second kappa shape index (κ2) is 80.8. The maximum atomic E-state index is 7.00. The molecular formula is C8H24N2O2Ti. The first kappa shape index (κ1) is 29.2.